The van der Waals surface area contributed by atoms with Crippen molar-refractivity contribution >= 4 is 11.8 Å². The molecular weight excluding hydrogens is 322 g/mol. The molecule has 0 unspecified atom stereocenters. The number of ether oxygens (including phenoxy) is 1. The van der Waals surface area contributed by atoms with Gasteiger partial charge in [0, 0.05) is 18.2 Å². The fourth-order valence-corrected chi connectivity index (χ4v) is 2.77. The average Bonchev–Trinajstić information content (AvgIpc) is 3.32. The van der Waals surface area contributed by atoms with E-state index in [9.17, 15) is 9.59 Å². The summed E-state index contributed by atoms with van der Waals surface area (Å²) >= 11 is 0. The van der Waals surface area contributed by atoms with Crippen molar-refractivity contribution in [2.75, 3.05) is 13.2 Å². The van der Waals surface area contributed by atoms with Crippen LogP contribution >= 0.6 is 0 Å². The van der Waals surface area contributed by atoms with Crippen LogP contribution in [0.15, 0.2) is 40.9 Å². The molecule has 0 aliphatic carbocycles. The van der Waals surface area contributed by atoms with Gasteiger partial charge in [-0.15, -0.1) is 0 Å². The molecule has 2 heterocycles. The van der Waals surface area contributed by atoms with Crippen molar-refractivity contribution in [2.45, 2.75) is 31.9 Å². The lowest BCUT2D eigenvalue weighted by Gasteiger charge is -2.19. The van der Waals surface area contributed by atoms with Gasteiger partial charge in [-0.1, -0.05) is 35.5 Å². The Labute approximate surface area is 145 Å². The second-order valence-corrected chi connectivity index (χ2v) is 6.03. The number of amides is 2. The van der Waals surface area contributed by atoms with Crippen LogP contribution in [0.5, 0.6) is 0 Å². The molecule has 7 heteroatoms. The molecule has 2 aromatic rings. The van der Waals surface area contributed by atoms with Crippen molar-refractivity contribution in [1.82, 2.24) is 15.8 Å². The predicted molar refractivity (Wildman–Crippen MR) is 90.9 cm³/mol. The van der Waals surface area contributed by atoms with E-state index in [1.807, 2.05) is 37.3 Å². The molecule has 2 amide bonds. The van der Waals surface area contributed by atoms with E-state index in [4.69, 9.17) is 9.26 Å². The van der Waals surface area contributed by atoms with Crippen LogP contribution in [-0.2, 0) is 9.53 Å². The number of carbonyl (C=O) groups excluding carboxylic acids is 2. The van der Waals surface area contributed by atoms with Gasteiger partial charge in [-0.2, -0.15) is 0 Å². The lowest BCUT2D eigenvalue weighted by Crippen LogP contribution is -2.45. The van der Waals surface area contributed by atoms with Gasteiger partial charge in [0.05, 0.1) is 18.7 Å². The lowest BCUT2D eigenvalue weighted by molar-refractivity contribution is -0.121. The van der Waals surface area contributed by atoms with Gasteiger partial charge in [0.2, 0.25) is 5.91 Å². The van der Waals surface area contributed by atoms with E-state index in [0.29, 0.717) is 5.76 Å². The fraction of sp³-hybridized carbons (Fsp3) is 0.389. The lowest BCUT2D eigenvalue weighted by atomic mass is 10.1. The molecule has 1 aliphatic heterocycles. The third kappa shape index (κ3) is 4.45. The topological polar surface area (TPSA) is 93.5 Å². The Morgan fingerprint density at radius 3 is 2.84 bits per heavy atom. The van der Waals surface area contributed by atoms with Crippen molar-refractivity contribution in [3.63, 3.8) is 0 Å². The first kappa shape index (κ1) is 17.2. The Morgan fingerprint density at radius 2 is 2.12 bits per heavy atom. The Bertz CT molecular complexity index is 723. The third-order valence-electron chi connectivity index (χ3n) is 4.12. The van der Waals surface area contributed by atoms with E-state index < -0.39 is 5.91 Å². The summed E-state index contributed by atoms with van der Waals surface area (Å²) in [6, 6.07) is 10.8. The summed E-state index contributed by atoms with van der Waals surface area (Å²) in [5.41, 5.74) is 0.969. The van der Waals surface area contributed by atoms with Gasteiger partial charge in [0.1, 0.15) is 0 Å². The molecule has 25 heavy (non-hydrogen) atoms. The molecule has 0 radical (unpaired) electrons. The molecule has 3 rings (SSSR count). The fourth-order valence-electron chi connectivity index (χ4n) is 2.77. The molecule has 1 aromatic carbocycles. The Kier molecular flexibility index (Phi) is 5.45. The quantitative estimate of drug-likeness (QED) is 0.833. The highest BCUT2D eigenvalue weighted by Crippen LogP contribution is 2.19. The highest BCUT2D eigenvalue weighted by molar-refractivity contribution is 5.95. The molecule has 2 atom stereocenters. The highest BCUT2D eigenvalue weighted by atomic mass is 16.5. The number of nitrogens with one attached hydrogen (secondary N) is 2. The smallest absolute Gasteiger partial charge is 0.273 e. The number of benzene rings is 1. The van der Waals surface area contributed by atoms with Crippen LogP contribution in [0.25, 0.3) is 11.3 Å². The predicted octanol–water partition coefficient (Wildman–Crippen LogP) is 1.76. The van der Waals surface area contributed by atoms with Crippen molar-refractivity contribution in [3.8, 4) is 11.3 Å². The molecule has 0 spiro atoms. The summed E-state index contributed by atoms with van der Waals surface area (Å²) < 4.78 is 10.7. The minimum atomic E-state index is -0.453. The molecule has 1 fully saturated rings. The molecule has 1 saturated heterocycles. The number of hydrogen-bond acceptors (Lipinski definition) is 5. The molecule has 7 nitrogen and oxygen atoms in total. The van der Waals surface area contributed by atoms with E-state index >= 15 is 0 Å². The van der Waals surface area contributed by atoms with Gasteiger partial charge in [-0.3, -0.25) is 9.59 Å². The van der Waals surface area contributed by atoms with Crippen LogP contribution in [-0.4, -0.2) is 42.3 Å². The zero-order valence-corrected chi connectivity index (χ0v) is 14.0. The number of nitrogens with zero attached hydrogens (tertiary/aromatic N) is 1. The van der Waals surface area contributed by atoms with E-state index in [0.717, 1.165) is 25.0 Å². The van der Waals surface area contributed by atoms with Gasteiger partial charge < -0.3 is 19.9 Å². The summed E-state index contributed by atoms with van der Waals surface area (Å²) in [6.45, 7) is 2.51. The highest BCUT2D eigenvalue weighted by Gasteiger charge is 2.23. The van der Waals surface area contributed by atoms with Crippen molar-refractivity contribution in [3.05, 3.63) is 42.1 Å². The maximum Gasteiger partial charge on any atom is 0.273 e. The zero-order valence-electron chi connectivity index (χ0n) is 14.0. The molecule has 0 saturated carbocycles. The van der Waals surface area contributed by atoms with Gasteiger partial charge in [0.25, 0.3) is 5.91 Å². The van der Waals surface area contributed by atoms with Crippen LogP contribution in [0.4, 0.5) is 0 Å². The summed E-state index contributed by atoms with van der Waals surface area (Å²) in [6.07, 6.45) is 2.00. The summed E-state index contributed by atoms with van der Waals surface area (Å²) in [7, 11) is 0. The number of aromatic nitrogens is 1. The van der Waals surface area contributed by atoms with E-state index in [-0.39, 0.29) is 30.3 Å². The molecule has 132 valence electrons. The summed E-state index contributed by atoms with van der Waals surface area (Å²) in [4.78, 5) is 24.0. The van der Waals surface area contributed by atoms with Gasteiger partial charge in [-0.25, -0.2) is 0 Å². The van der Waals surface area contributed by atoms with Crippen LogP contribution in [0, 0.1) is 0 Å². The Balaban J connectivity index is 1.49. The third-order valence-corrected chi connectivity index (χ3v) is 4.12. The minimum Gasteiger partial charge on any atom is -0.376 e. The molecule has 2 N–H and O–H groups in total. The number of hydrogen-bond donors (Lipinski definition) is 2. The number of rotatable bonds is 6. The maximum atomic E-state index is 12.1. The molecule has 0 bridgehead atoms. The maximum absolute atomic E-state index is 12.1. The zero-order chi connectivity index (χ0) is 17.6. The van der Waals surface area contributed by atoms with Crippen LogP contribution < -0.4 is 10.6 Å². The summed E-state index contributed by atoms with van der Waals surface area (Å²) in [5, 5.41) is 9.14. The first-order valence-electron chi connectivity index (χ1n) is 8.35. The molecule has 1 aliphatic rings. The monoisotopic (exact) mass is 343 g/mol. The van der Waals surface area contributed by atoms with E-state index in [1.165, 1.54) is 0 Å². The normalized spacial score (nSPS) is 17.9. The number of carbonyl (C=O) groups is 2. The SMILES string of the molecule is C[C@@H](NC(=O)CNC(=O)c1cc(-c2ccccc2)on1)[C@H]1CCCO1. The van der Waals surface area contributed by atoms with Crippen LogP contribution in [0.1, 0.15) is 30.3 Å². The van der Waals surface area contributed by atoms with Crippen LogP contribution in [0.2, 0.25) is 0 Å². The largest absolute Gasteiger partial charge is 0.376 e. The standard InChI is InChI=1S/C18H21N3O4/c1-12(15-8-5-9-24-15)20-17(22)11-19-18(23)14-10-16(25-21-14)13-6-3-2-4-7-13/h2-4,6-7,10,12,15H,5,8-9,11H2,1H3,(H,19,23)(H,20,22)/t12-,15-/m1/s1. The summed E-state index contributed by atoms with van der Waals surface area (Å²) in [5.74, 6) is -0.212. The second-order valence-electron chi connectivity index (χ2n) is 6.03. The Morgan fingerprint density at radius 1 is 1.32 bits per heavy atom. The first-order chi connectivity index (χ1) is 12.1. The van der Waals surface area contributed by atoms with Gasteiger partial charge in [0.15, 0.2) is 11.5 Å². The van der Waals surface area contributed by atoms with Crippen molar-refractivity contribution in [1.29, 1.82) is 0 Å². The van der Waals surface area contributed by atoms with Crippen molar-refractivity contribution < 1.29 is 18.8 Å². The molecule has 1 aromatic heterocycles. The first-order valence-corrected chi connectivity index (χ1v) is 8.35. The minimum absolute atomic E-state index is 0.0450. The Hall–Kier alpha value is -2.67. The van der Waals surface area contributed by atoms with E-state index in [2.05, 4.69) is 15.8 Å². The molecular formula is C18H21N3O4. The average molecular weight is 343 g/mol. The van der Waals surface area contributed by atoms with Crippen molar-refractivity contribution in [2.24, 2.45) is 0 Å². The second kappa shape index (κ2) is 7.94. The van der Waals surface area contributed by atoms with Gasteiger partial charge >= 0.3 is 0 Å². The van der Waals surface area contributed by atoms with Crippen LogP contribution in [0.3, 0.4) is 0 Å². The van der Waals surface area contributed by atoms with E-state index in [1.54, 1.807) is 6.07 Å². The van der Waals surface area contributed by atoms with Gasteiger partial charge in [-0.05, 0) is 19.8 Å².